The van der Waals surface area contributed by atoms with E-state index in [9.17, 15) is 0 Å². The zero-order valence-electron chi connectivity index (χ0n) is 5.11. The standard InChI is InChI=1S/C6H10IN/c1-3-4-6(7)5(2)8/h3-4H,8H2,1-2H3/b4-3-,6-5-. The fourth-order valence-electron chi connectivity index (χ4n) is 0.278. The van der Waals surface area contributed by atoms with Crippen LogP contribution in [0.1, 0.15) is 13.8 Å². The van der Waals surface area contributed by atoms with Gasteiger partial charge in [-0.3, -0.25) is 0 Å². The molecule has 0 heterocycles. The Hall–Kier alpha value is 0.01000. The molecule has 0 atom stereocenters. The van der Waals surface area contributed by atoms with Crippen LogP contribution in [0.15, 0.2) is 21.4 Å². The lowest BCUT2D eigenvalue weighted by atomic mass is 10.4. The van der Waals surface area contributed by atoms with E-state index in [1.54, 1.807) is 0 Å². The highest BCUT2D eigenvalue weighted by molar-refractivity contribution is 14.1. The minimum absolute atomic E-state index is 0.878. The van der Waals surface area contributed by atoms with Crippen LogP contribution in [0, 0.1) is 0 Å². The largest absolute Gasteiger partial charge is 0.401 e. The Balaban J connectivity index is 4.00. The molecule has 2 heteroatoms. The van der Waals surface area contributed by atoms with Crippen molar-refractivity contribution in [1.82, 2.24) is 0 Å². The van der Waals surface area contributed by atoms with Crippen molar-refractivity contribution in [1.29, 1.82) is 0 Å². The van der Waals surface area contributed by atoms with Crippen LogP contribution in [-0.2, 0) is 0 Å². The van der Waals surface area contributed by atoms with Crippen molar-refractivity contribution in [2.45, 2.75) is 13.8 Å². The molecule has 1 nitrogen and oxygen atoms in total. The predicted molar refractivity (Wildman–Crippen MR) is 45.7 cm³/mol. The summed E-state index contributed by atoms with van der Waals surface area (Å²) >= 11 is 2.20. The maximum atomic E-state index is 5.44. The lowest BCUT2D eigenvalue weighted by Crippen LogP contribution is -1.90. The topological polar surface area (TPSA) is 26.0 Å². The summed E-state index contributed by atoms with van der Waals surface area (Å²) in [6.45, 7) is 3.86. The number of nitrogens with two attached hydrogens (primary N) is 1. The minimum atomic E-state index is 0.878. The molecular weight excluding hydrogens is 213 g/mol. The zero-order chi connectivity index (χ0) is 6.57. The predicted octanol–water partition coefficient (Wildman–Crippen LogP) is 2.19. The van der Waals surface area contributed by atoms with E-state index in [1.165, 1.54) is 0 Å². The summed E-state index contributed by atoms with van der Waals surface area (Å²) in [5.74, 6) is 0. The summed E-state index contributed by atoms with van der Waals surface area (Å²) < 4.78 is 1.12. The fourth-order valence-corrected chi connectivity index (χ4v) is 0.637. The van der Waals surface area contributed by atoms with Gasteiger partial charge in [0.1, 0.15) is 0 Å². The van der Waals surface area contributed by atoms with Gasteiger partial charge in [-0.15, -0.1) is 0 Å². The van der Waals surface area contributed by atoms with E-state index in [0.29, 0.717) is 0 Å². The van der Waals surface area contributed by atoms with Crippen LogP contribution in [0.2, 0.25) is 0 Å². The molecule has 0 saturated heterocycles. The maximum absolute atomic E-state index is 5.44. The van der Waals surface area contributed by atoms with Crippen molar-refractivity contribution < 1.29 is 0 Å². The summed E-state index contributed by atoms with van der Waals surface area (Å²) in [5, 5.41) is 0. The van der Waals surface area contributed by atoms with Crippen LogP contribution in [-0.4, -0.2) is 0 Å². The maximum Gasteiger partial charge on any atom is 0.0311 e. The van der Waals surface area contributed by atoms with Crippen molar-refractivity contribution in [2.75, 3.05) is 0 Å². The van der Waals surface area contributed by atoms with Crippen LogP contribution in [0.5, 0.6) is 0 Å². The molecule has 0 rings (SSSR count). The average Bonchev–Trinajstić information content (AvgIpc) is 1.67. The highest BCUT2D eigenvalue weighted by Gasteiger charge is 1.83. The molecule has 0 aromatic rings. The molecule has 0 bridgehead atoms. The van der Waals surface area contributed by atoms with Gasteiger partial charge in [-0.1, -0.05) is 12.2 Å². The summed E-state index contributed by atoms with van der Waals surface area (Å²) in [6, 6.07) is 0. The van der Waals surface area contributed by atoms with E-state index >= 15 is 0 Å². The highest BCUT2D eigenvalue weighted by atomic mass is 127. The van der Waals surface area contributed by atoms with E-state index < -0.39 is 0 Å². The Morgan fingerprint density at radius 3 is 2.25 bits per heavy atom. The first-order chi connectivity index (χ1) is 3.68. The summed E-state index contributed by atoms with van der Waals surface area (Å²) in [5.41, 5.74) is 6.32. The SMILES string of the molecule is C/C=C\C(I)=C(/C)N. The second kappa shape index (κ2) is 3.95. The molecule has 2 N–H and O–H groups in total. The molecule has 0 saturated carbocycles. The molecule has 0 aromatic heterocycles. The van der Waals surface area contributed by atoms with E-state index in [-0.39, 0.29) is 0 Å². The van der Waals surface area contributed by atoms with Gasteiger partial charge < -0.3 is 5.73 Å². The van der Waals surface area contributed by atoms with Crippen molar-refractivity contribution in [3.05, 3.63) is 21.4 Å². The van der Waals surface area contributed by atoms with Crippen LogP contribution in [0.4, 0.5) is 0 Å². The summed E-state index contributed by atoms with van der Waals surface area (Å²) in [7, 11) is 0. The molecule has 0 radical (unpaired) electrons. The second-order valence-electron chi connectivity index (χ2n) is 1.53. The first kappa shape index (κ1) is 8.01. The van der Waals surface area contributed by atoms with Crippen LogP contribution in [0.25, 0.3) is 0 Å². The number of halogens is 1. The Labute approximate surface area is 63.8 Å². The lowest BCUT2D eigenvalue weighted by Gasteiger charge is -1.90. The zero-order valence-corrected chi connectivity index (χ0v) is 7.27. The normalized spacial score (nSPS) is 14.4. The lowest BCUT2D eigenvalue weighted by molar-refractivity contribution is 1.31. The number of hydrogen-bond donors (Lipinski definition) is 1. The van der Waals surface area contributed by atoms with Gasteiger partial charge in [0.2, 0.25) is 0 Å². The molecule has 0 aliphatic carbocycles. The van der Waals surface area contributed by atoms with Gasteiger partial charge in [-0.05, 0) is 36.4 Å². The van der Waals surface area contributed by atoms with Gasteiger partial charge in [0, 0.05) is 9.28 Å². The molecule has 0 aliphatic rings. The van der Waals surface area contributed by atoms with Crippen molar-refractivity contribution in [3.8, 4) is 0 Å². The van der Waals surface area contributed by atoms with Crippen LogP contribution < -0.4 is 5.73 Å². The molecule has 0 spiro atoms. The van der Waals surface area contributed by atoms with E-state index in [0.717, 1.165) is 9.28 Å². The Morgan fingerprint density at radius 2 is 2.12 bits per heavy atom. The number of rotatable bonds is 1. The van der Waals surface area contributed by atoms with E-state index in [1.807, 2.05) is 26.0 Å². The molecule has 0 fully saturated rings. The monoisotopic (exact) mass is 223 g/mol. The summed E-state index contributed by atoms with van der Waals surface area (Å²) in [4.78, 5) is 0. The van der Waals surface area contributed by atoms with Gasteiger partial charge in [-0.25, -0.2) is 0 Å². The molecule has 0 aromatic carbocycles. The molecule has 0 aliphatic heterocycles. The quantitative estimate of drug-likeness (QED) is 0.535. The Kier molecular flexibility index (Phi) is 3.95. The Bertz CT molecular complexity index is 120. The van der Waals surface area contributed by atoms with Gasteiger partial charge in [0.25, 0.3) is 0 Å². The van der Waals surface area contributed by atoms with E-state index in [2.05, 4.69) is 22.6 Å². The molecule has 0 amide bonds. The highest BCUT2D eigenvalue weighted by Crippen LogP contribution is 2.09. The number of allylic oxidation sites excluding steroid dienone is 4. The first-order valence-electron chi connectivity index (χ1n) is 2.43. The molecule has 46 valence electrons. The van der Waals surface area contributed by atoms with Crippen LogP contribution >= 0.6 is 22.6 Å². The van der Waals surface area contributed by atoms with Crippen LogP contribution in [0.3, 0.4) is 0 Å². The number of hydrogen-bond acceptors (Lipinski definition) is 1. The molecule has 0 unspecified atom stereocenters. The van der Waals surface area contributed by atoms with E-state index in [4.69, 9.17) is 5.73 Å². The summed E-state index contributed by atoms with van der Waals surface area (Å²) in [6.07, 6.45) is 3.95. The third-order valence-electron chi connectivity index (χ3n) is 0.690. The van der Waals surface area contributed by atoms with Gasteiger partial charge in [-0.2, -0.15) is 0 Å². The second-order valence-corrected chi connectivity index (χ2v) is 2.69. The molecular formula is C6H10IN. The first-order valence-corrected chi connectivity index (χ1v) is 3.51. The van der Waals surface area contributed by atoms with Crippen molar-refractivity contribution >= 4 is 22.6 Å². The third kappa shape index (κ3) is 3.07. The molecule has 8 heavy (non-hydrogen) atoms. The smallest absolute Gasteiger partial charge is 0.0311 e. The van der Waals surface area contributed by atoms with Crippen molar-refractivity contribution in [2.24, 2.45) is 5.73 Å². The minimum Gasteiger partial charge on any atom is -0.401 e. The van der Waals surface area contributed by atoms with Gasteiger partial charge in [0.15, 0.2) is 0 Å². The van der Waals surface area contributed by atoms with Gasteiger partial charge in [0.05, 0.1) is 0 Å². The van der Waals surface area contributed by atoms with Gasteiger partial charge >= 0.3 is 0 Å². The fraction of sp³-hybridized carbons (Fsp3) is 0.333. The third-order valence-corrected chi connectivity index (χ3v) is 1.90. The van der Waals surface area contributed by atoms with Crippen molar-refractivity contribution in [3.63, 3.8) is 0 Å². The Morgan fingerprint density at radius 1 is 1.62 bits per heavy atom. The average molecular weight is 223 g/mol.